The number of hydrogen-bond donors (Lipinski definition) is 0. The van der Waals surface area contributed by atoms with Gasteiger partial charge in [-0.1, -0.05) is 36.4 Å². The molecule has 2 aliphatic rings. The first-order valence-electron chi connectivity index (χ1n) is 9.08. The standard InChI is InChI=1S/C19H28NO4P/c1-4-19-14-10-13-17(19)20(15-16-11-8-7-9-12-16)18(24-19)25(21,22-5-2)23-6-3/h4,7-9,11-12,17-18H,1,5-6,10,13-15H2,2-3H3/t17-,18-,19+/m0/s1. The SMILES string of the molecule is C=C[C@@]12CCC[C@@H]1N(Cc1ccccc1)[C@H](P(=O)(OCC)OCC)O2. The first-order valence-corrected chi connectivity index (χ1v) is 10.7. The Kier molecular flexibility index (Phi) is 5.81. The normalized spacial score (nSPS) is 29.7. The second kappa shape index (κ2) is 7.73. The van der Waals surface area contributed by atoms with Crippen LogP contribution in [0.15, 0.2) is 43.0 Å². The van der Waals surface area contributed by atoms with Gasteiger partial charge in [0.2, 0.25) is 5.97 Å². The van der Waals surface area contributed by atoms with Crippen molar-refractivity contribution in [2.24, 2.45) is 0 Å². The predicted octanol–water partition coefficient (Wildman–Crippen LogP) is 4.55. The lowest BCUT2D eigenvalue weighted by atomic mass is 9.97. The zero-order valence-corrected chi connectivity index (χ0v) is 16.0. The number of ether oxygens (including phenoxy) is 1. The van der Waals surface area contributed by atoms with Crippen LogP contribution in [0.1, 0.15) is 38.7 Å². The minimum Gasteiger partial charge on any atom is -0.339 e. The van der Waals surface area contributed by atoms with E-state index in [-0.39, 0.29) is 6.04 Å². The van der Waals surface area contributed by atoms with E-state index in [2.05, 4.69) is 23.6 Å². The van der Waals surface area contributed by atoms with Crippen molar-refractivity contribution in [1.29, 1.82) is 0 Å². The highest BCUT2D eigenvalue weighted by atomic mass is 31.2. The summed E-state index contributed by atoms with van der Waals surface area (Å²) in [5.74, 6) is -0.698. The monoisotopic (exact) mass is 365 g/mol. The van der Waals surface area contributed by atoms with E-state index >= 15 is 0 Å². The topological polar surface area (TPSA) is 48.0 Å². The van der Waals surface area contributed by atoms with Gasteiger partial charge >= 0.3 is 7.60 Å². The maximum atomic E-state index is 13.5. The average molecular weight is 365 g/mol. The molecule has 1 saturated heterocycles. The molecule has 1 aromatic carbocycles. The number of nitrogens with zero attached hydrogens (tertiary/aromatic N) is 1. The van der Waals surface area contributed by atoms with E-state index in [9.17, 15) is 4.57 Å². The third kappa shape index (κ3) is 3.49. The van der Waals surface area contributed by atoms with Crippen molar-refractivity contribution in [2.45, 2.75) is 57.3 Å². The third-order valence-corrected chi connectivity index (χ3v) is 7.24. The largest absolute Gasteiger partial charge is 0.374 e. The highest BCUT2D eigenvalue weighted by Gasteiger charge is 2.60. The Labute approximate surface area is 150 Å². The van der Waals surface area contributed by atoms with Crippen molar-refractivity contribution in [2.75, 3.05) is 13.2 Å². The van der Waals surface area contributed by atoms with Crippen LogP contribution in [0.2, 0.25) is 0 Å². The summed E-state index contributed by atoms with van der Waals surface area (Å²) in [5, 5.41) is 0. The van der Waals surface area contributed by atoms with E-state index in [0.717, 1.165) is 24.8 Å². The molecule has 25 heavy (non-hydrogen) atoms. The molecule has 1 saturated carbocycles. The molecule has 0 aromatic heterocycles. The Bertz CT molecular complexity index is 628. The van der Waals surface area contributed by atoms with Crippen molar-refractivity contribution < 1.29 is 18.3 Å². The van der Waals surface area contributed by atoms with Crippen molar-refractivity contribution in [1.82, 2.24) is 4.90 Å². The second-order valence-corrected chi connectivity index (χ2v) is 8.58. The van der Waals surface area contributed by atoms with Crippen LogP contribution >= 0.6 is 7.60 Å². The quantitative estimate of drug-likeness (QED) is 0.500. The van der Waals surface area contributed by atoms with Gasteiger partial charge in [-0.25, -0.2) is 0 Å². The molecule has 0 amide bonds. The van der Waals surface area contributed by atoms with Crippen LogP contribution < -0.4 is 0 Å². The summed E-state index contributed by atoms with van der Waals surface area (Å²) in [6, 6.07) is 10.3. The van der Waals surface area contributed by atoms with Crippen LogP contribution in [0.3, 0.4) is 0 Å². The van der Waals surface area contributed by atoms with Gasteiger partial charge in [0.25, 0.3) is 0 Å². The lowest BCUT2D eigenvalue weighted by Crippen LogP contribution is -2.40. The maximum Gasteiger partial charge on any atom is 0.374 e. The number of fused-ring (bicyclic) bond motifs is 1. The van der Waals surface area contributed by atoms with E-state index in [0.29, 0.717) is 19.8 Å². The highest BCUT2D eigenvalue weighted by Crippen LogP contribution is 2.61. The van der Waals surface area contributed by atoms with E-state index in [1.54, 1.807) is 0 Å². The molecule has 0 unspecified atom stereocenters. The first-order chi connectivity index (χ1) is 12.1. The van der Waals surface area contributed by atoms with Crippen molar-refractivity contribution in [3.05, 3.63) is 48.6 Å². The summed E-state index contributed by atoms with van der Waals surface area (Å²) in [7, 11) is -3.41. The predicted molar refractivity (Wildman–Crippen MR) is 98.3 cm³/mol. The lowest BCUT2D eigenvalue weighted by Gasteiger charge is -2.31. The van der Waals surface area contributed by atoms with Gasteiger partial charge in [0.1, 0.15) is 5.60 Å². The van der Waals surface area contributed by atoms with Crippen LogP contribution in [0.4, 0.5) is 0 Å². The van der Waals surface area contributed by atoms with E-state index in [1.165, 1.54) is 0 Å². The Morgan fingerprint density at radius 2 is 2.00 bits per heavy atom. The summed E-state index contributed by atoms with van der Waals surface area (Å²) >= 11 is 0. The molecule has 1 aliphatic heterocycles. The molecule has 1 heterocycles. The van der Waals surface area contributed by atoms with Crippen LogP contribution in [0, 0.1) is 0 Å². The smallest absolute Gasteiger partial charge is 0.339 e. The Morgan fingerprint density at radius 1 is 1.32 bits per heavy atom. The summed E-state index contributed by atoms with van der Waals surface area (Å²) in [6.45, 7) is 8.95. The second-order valence-electron chi connectivity index (χ2n) is 6.54. The fraction of sp³-hybridized carbons (Fsp3) is 0.579. The molecular formula is C19H28NO4P. The zero-order chi connectivity index (χ0) is 17.9. The van der Waals surface area contributed by atoms with E-state index in [1.807, 2.05) is 38.1 Å². The summed E-state index contributed by atoms with van der Waals surface area (Å²) in [4.78, 5) is 2.16. The van der Waals surface area contributed by atoms with Crippen LogP contribution in [0.25, 0.3) is 0 Å². The van der Waals surface area contributed by atoms with Crippen molar-refractivity contribution >= 4 is 7.60 Å². The molecule has 2 fully saturated rings. The van der Waals surface area contributed by atoms with Gasteiger partial charge in [0, 0.05) is 12.6 Å². The number of rotatable bonds is 8. The van der Waals surface area contributed by atoms with Crippen molar-refractivity contribution in [3.63, 3.8) is 0 Å². The number of benzene rings is 1. The van der Waals surface area contributed by atoms with Gasteiger partial charge in [-0.3, -0.25) is 9.46 Å². The van der Waals surface area contributed by atoms with Gasteiger partial charge in [0.15, 0.2) is 0 Å². The fourth-order valence-corrected chi connectivity index (χ4v) is 6.00. The number of hydrogen-bond acceptors (Lipinski definition) is 5. The van der Waals surface area contributed by atoms with Gasteiger partial charge in [-0.15, -0.1) is 6.58 Å². The third-order valence-electron chi connectivity index (χ3n) is 5.06. The van der Waals surface area contributed by atoms with Gasteiger partial charge in [0.05, 0.1) is 13.2 Å². The van der Waals surface area contributed by atoms with E-state index < -0.39 is 19.2 Å². The summed E-state index contributed by atoms with van der Waals surface area (Å²) in [5.41, 5.74) is 0.686. The van der Waals surface area contributed by atoms with Crippen LogP contribution in [0.5, 0.6) is 0 Å². The molecule has 0 bridgehead atoms. The summed E-state index contributed by atoms with van der Waals surface area (Å²) in [6.07, 6.45) is 4.84. The van der Waals surface area contributed by atoms with Gasteiger partial charge in [-0.05, 0) is 38.7 Å². The highest BCUT2D eigenvalue weighted by molar-refractivity contribution is 7.54. The molecule has 0 N–H and O–H groups in total. The molecule has 1 aliphatic carbocycles. The Balaban J connectivity index is 1.96. The van der Waals surface area contributed by atoms with Gasteiger partial charge < -0.3 is 13.8 Å². The van der Waals surface area contributed by atoms with Gasteiger partial charge in [-0.2, -0.15) is 0 Å². The minimum absolute atomic E-state index is 0.143. The first kappa shape index (κ1) is 18.8. The molecule has 6 heteroatoms. The van der Waals surface area contributed by atoms with E-state index in [4.69, 9.17) is 13.8 Å². The molecule has 138 valence electrons. The minimum atomic E-state index is -3.41. The van der Waals surface area contributed by atoms with Crippen molar-refractivity contribution in [3.8, 4) is 0 Å². The Hall–Kier alpha value is -0.970. The molecule has 0 spiro atoms. The van der Waals surface area contributed by atoms with Crippen LogP contribution in [-0.4, -0.2) is 35.7 Å². The lowest BCUT2D eigenvalue weighted by molar-refractivity contribution is -0.0106. The fourth-order valence-electron chi connectivity index (χ4n) is 4.02. The average Bonchev–Trinajstić information content (AvgIpc) is 3.15. The maximum absolute atomic E-state index is 13.5. The molecule has 0 radical (unpaired) electrons. The molecule has 5 nitrogen and oxygen atoms in total. The van der Waals surface area contributed by atoms with Crippen LogP contribution in [-0.2, 0) is 24.9 Å². The Morgan fingerprint density at radius 3 is 2.60 bits per heavy atom. The summed E-state index contributed by atoms with van der Waals surface area (Å²) < 4.78 is 31.0. The molecule has 3 atom stereocenters. The molecule has 3 rings (SSSR count). The molecular weight excluding hydrogens is 337 g/mol. The molecule has 1 aromatic rings. The zero-order valence-electron chi connectivity index (χ0n) is 15.1.